The Balaban J connectivity index is 1.72. The van der Waals surface area contributed by atoms with E-state index >= 15 is 0 Å². The minimum atomic E-state index is -0.292. The zero-order valence-corrected chi connectivity index (χ0v) is 14.5. The van der Waals surface area contributed by atoms with Gasteiger partial charge in [-0.05, 0) is 41.3 Å². The Morgan fingerprint density at radius 2 is 2.12 bits per heavy atom. The molecule has 4 rings (SSSR count). The topological polar surface area (TPSA) is 63.5 Å². The van der Waals surface area contributed by atoms with E-state index in [-0.39, 0.29) is 11.5 Å². The molecule has 1 amide bonds. The number of pyridine rings is 1. The van der Waals surface area contributed by atoms with Gasteiger partial charge in [-0.25, -0.2) is 4.98 Å². The van der Waals surface area contributed by atoms with Gasteiger partial charge in [-0.3, -0.25) is 14.0 Å². The van der Waals surface area contributed by atoms with Crippen LogP contribution < -0.4 is 10.9 Å². The van der Waals surface area contributed by atoms with Crippen LogP contribution >= 0.6 is 22.9 Å². The fraction of sp³-hybridized carbons (Fsp3) is 0.0556. The second-order valence-corrected chi connectivity index (χ2v) is 6.83. The number of aromatic nitrogens is 2. The summed E-state index contributed by atoms with van der Waals surface area (Å²) in [6.45, 7) is 0.339. The molecule has 0 aliphatic heterocycles. The first-order valence-corrected chi connectivity index (χ1v) is 8.80. The molecule has 7 heteroatoms. The molecule has 1 N–H and O–H groups in total. The van der Waals surface area contributed by atoms with Gasteiger partial charge in [0.05, 0.1) is 11.1 Å². The second kappa shape index (κ2) is 6.31. The minimum Gasteiger partial charge on any atom is -0.348 e. The summed E-state index contributed by atoms with van der Waals surface area (Å²) >= 11 is 7.30. The Morgan fingerprint density at radius 1 is 1.24 bits per heavy atom. The van der Waals surface area contributed by atoms with Crippen molar-refractivity contribution >= 4 is 44.7 Å². The number of rotatable bonds is 3. The summed E-state index contributed by atoms with van der Waals surface area (Å²) < 4.78 is 1.99. The molecule has 0 spiro atoms. The fourth-order valence-corrected chi connectivity index (χ4v) is 3.63. The van der Waals surface area contributed by atoms with Crippen molar-refractivity contribution < 1.29 is 4.79 Å². The summed E-state index contributed by atoms with van der Waals surface area (Å²) in [6, 6.07) is 12.4. The first-order valence-electron chi connectivity index (χ1n) is 7.55. The molecular weight excluding hydrogens is 358 g/mol. The summed E-state index contributed by atoms with van der Waals surface area (Å²) in [5.41, 5.74) is 2.03. The van der Waals surface area contributed by atoms with Crippen LogP contribution in [0.25, 0.3) is 15.9 Å². The lowest BCUT2D eigenvalue weighted by atomic mass is 10.2. The van der Waals surface area contributed by atoms with Crippen molar-refractivity contribution in [3.05, 3.63) is 80.5 Å². The normalized spacial score (nSPS) is 11.1. The van der Waals surface area contributed by atoms with E-state index in [4.69, 9.17) is 11.6 Å². The Kier molecular flexibility index (Phi) is 3.99. The van der Waals surface area contributed by atoms with Crippen LogP contribution in [0, 0.1) is 0 Å². The number of amides is 1. The molecule has 0 aliphatic carbocycles. The lowest BCUT2D eigenvalue weighted by Gasteiger charge is -2.09. The molecule has 0 radical (unpaired) electrons. The van der Waals surface area contributed by atoms with Crippen molar-refractivity contribution in [2.45, 2.75) is 6.54 Å². The lowest BCUT2D eigenvalue weighted by Crippen LogP contribution is -2.25. The number of halogens is 1. The van der Waals surface area contributed by atoms with Gasteiger partial charge in [0, 0.05) is 17.8 Å². The summed E-state index contributed by atoms with van der Waals surface area (Å²) in [5.74, 6) is -0.292. The van der Waals surface area contributed by atoms with Crippen LogP contribution in [-0.4, -0.2) is 15.3 Å². The molecule has 4 aromatic rings. The number of nitrogens with one attached hydrogen (secondary N) is 1. The highest BCUT2D eigenvalue weighted by Gasteiger charge is 2.14. The molecule has 3 aromatic heterocycles. The Labute approximate surface area is 151 Å². The molecule has 0 bridgehead atoms. The first kappa shape index (κ1) is 15.8. The van der Waals surface area contributed by atoms with Crippen LogP contribution in [0.1, 0.15) is 15.9 Å². The van der Waals surface area contributed by atoms with Crippen LogP contribution in [0.5, 0.6) is 0 Å². The second-order valence-electron chi connectivity index (χ2n) is 5.48. The highest BCUT2D eigenvalue weighted by molar-refractivity contribution is 7.17. The third kappa shape index (κ3) is 2.90. The van der Waals surface area contributed by atoms with Crippen molar-refractivity contribution in [2.75, 3.05) is 0 Å². The van der Waals surface area contributed by atoms with E-state index < -0.39 is 0 Å². The van der Waals surface area contributed by atoms with Gasteiger partial charge in [0.15, 0.2) is 5.65 Å². The molecule has 0 fully saturated rings. The molecule has 0 atom stereocenters. The zero-order chi connectivity index (χ0) is 17.4. The van der Waals surface area contributed by atoms with Crippen LogP contribution in [0.2, 0.25) is 5.02 Å². The third-order valence-corrected chi connectivity index (χ3v) is 4.96. The number of nitrogens with zero attached hydrogens (tertiary/aromatic N) is 2. The highest BCUT2D eigenvalue weighted by atomic mass is 35.5. The molecule has 0 saturated heterocycles. The predicted octanol–water partition coefficient (Wildman–Crippen LogP) is 3.49. The van der Waals surface area contributed by atoms with E-state index in [0.29, 0.717) is 33.0 Å². The standard InChI is InChI=1S/C18H12ClN3O2S/c19-12-4-1-3-11(9-12)10-20-17(23)13-5-2-7-22-16(13)21-14-6-8-25-15(14)18(22)24/h1-9H,10H2,(H,20,23). The smallest absolute Gasteiger partial charge is 0.275 e. The van der Waals surface area contributed by atoms with Crippen molar-refractivity contribution in [3.63, 3.8) is 0 Å². The molecule has 124 valence electrons. The van der Waals surface area contributed by atoms with Crippen LogP contribution in [0.3, 0.4) is 0 Å². The van der Waals surface area contributed by atoms with E-state index in [1.807, 2.05) is 17.5 Å². The summed E-state index contributed by atoms with van der Waals surface area (Å²) in [7, 11) is 0. The SMILES string of the molecule is O=C(NCc1cccc(Cl)c1)c1cccn2c(=O)c3sccc3nc12. The average molecular weight is 370 g/mol. The maximum Gasteiger partial charge on any atom is 0.275 e. The number of hydrogen-bond acceptors (Lipinski definition) is 4. The molecule has 25 heavy (non-hydrogen) atoms. The van der Waals surface area contributed by atoms with Gasteiger partial charge >= 0.3 is 0 Å². The van der Waals surface area contributed by atoms with Crippen LogP contribution in [-0.2, 0) is 6.54 Å². The van der Waals surface area contributed by atoms with Crippen molar-refractivity contribution in [2.24, 2.45) is 0 Å². The van der Waals surface area contributed by atoms with Gasteiger partial charge in [0.25, 0.3) is 11.5 Å². The Morgan fingerprint density at radius 3 is 2.96 bits per heavy atom. The fourth-order valence-electron chi connectivity index (χ4n) is 2.65. The molecule has 1 aromatic carbocycles. The van der Waals surface area contributed by atoms with E-state index in [1.165, 1.54) is 15.7 Å². The van der Waals surface area contributed by atoms with Gasteiger partial charge in [-0.1, -0.05) is 23.7 Å². The van der Waals surface area contributed by atoms with Gasteiger partial charge < -0.3 is 5.32 Å². The van der Waals surface area contributed by atoms with E-state index in [1.54, 1.807) is 36.5 Å². The van der Waals surface area contributed by atoms with Gasteiger partial charge in [-0.2, -0.15) is 0 Å². The molecule has 3 heterocycles. The molecule has 0 aliphatic rings. The van der Waals surface area contributed by atoms with Crippen molar-refractivity contribution in [3.8, 4) is 0 Å². The lowest BCUT2D eigenvalue weighted by molar-refractivity contribution is 0.0952. The maximum absolute atomic E-state index is 12.6. The molecular formula is C18H12ClN3O2S. The average Bonchev–Trinajstić information content (AvgIpc) is 3.08. The minimum absolute atomic E-state index is 0.167. The highest BCUT2D eigenvalue weighted by Crippen LogP contribution is 2.17. The zero-order valence-electron chi connectivity index (χ0n) is 12.9. The van der Waals surface area contributed by atoms with E-state index in [0.717, 1.165) is 5.56 Å². The monoisotopic (exact) mass is 369 g/mol. The van der Waals surface area contributed by atoms with Gasteiger partial charge in [0.2, 0.25) is 0 Å². The number of benzene rings is 1. The first-order chi connectivity index (χ1) is 12.1. The predicted molar refractivity (Wildman–Crippen MR) is 99.5 cm³/mol. The third-order valence-electron chi connectivity index (χ3n) is 3.84. The number of thiophene rings is 1. The summed E-state index contributed by atoms with van der Waals surface area (Å²) in [6.07, 6.45) is 1.62. The largest absolute Gasteiger partial charge is 0.348 e. The molecule has 0 saturated carbocycles. The molecule has 0 unspecified atom stereocenters. The van der Waals surface area contributed by atoms with Crippen LogP contribution in [0.15, 0.2) is 58.8 Å². The van der Waals surface area contributed by atoms with Crippen molar-refractivity contribution in [1.82, 2.24) is 14.7 Å². The maximum atomic E-state index is 12.6. The number of carbonyl (C=O) groups excluding carboxylic acids is 1. The molecule has 5 nitrogen and oxygen atoms in total. The van der Waals surface area contributed by atoms with Gasteiger partial charge in [0.1, 0.15) is 4.70 Å². The number of hydrogen-bond donors (Lipinski definition) is 1. The quantitative estimate of drug-likeness (QED) is 0.601. The summed E-state index contributed by atoms with van der Waals surface area (Å²) in [4.78, 5) is 29.6. The van der Waals surface area contributed by atoms with E-state index in [2.05, 4.69) is 10.3 Å². The van der Waals surface area contributed by atoms with Gasteiger partial charge in [-0.15, -0.1) is 11.3 Å². The Bertz CT molecular complexity index is 1170. The van der Waals surface area contributed by atoms with Crippen molar-refractivity contribution in [1.29, 1.82) is 0 Å². The number of carbonyl (C=O) groups is 1. The summed E-state index contributed by atoms with van der Waals surface area (Å²) in [5, 5.41) is 5.28. The van der Waals surface area contributed by atoms with Crippen LogP contribution in [0.4, 0.5) is 0 Å². The Hall–Kier alpha value is -2.70. The van der Waals surface area contributed by atoms with E-state index in [9.17, 15) is 9.59 Å². The number of fused-ring (bicyclic) bond motifs is 2.